The van der Waals surface area contributed by atoms with E-state index < -0.39 is 6.10 Å². The predicted octanol–water partition coefficient (Wildman–Crippen LogP) is 21.2. The van der Waals surface area contributed by atoms with Gasteiger partial charge in [-0.1, -0.05) is 282 Å². The third-order valence-electron chi connectivity index (χ3n) is 14.1. The summed E-state index contributed by atoms with van der Waals surface area (Å²) in [5.74, 6) is -0.871. The van der Waals surface area contributed by atoms with Gasteiger partial charge in [0.25, 0.3) is 0 Å². The molecule has 0 N–H and O–H groups in total. The minimum atomic E-state index is -0.768. The Hall–Kier alpha value is -2.37. The lowest BCUT2D eigenvalue weighted by Gasteiger charge is -2.18. The van der Waals surface area contributed by atoms with Gasteiger partial charge >= 0.3 is 17.9 Å². The Morgan fingerprint density at radius 3 is 0.789 bits per heavy atom. The molecule has 71 heavy (non-hydrogen) atoms. The second kappa shape index (κ2) is 60.2. The molecule has 0 aliphatic carbocycles. The molecule has 1 atom stereocenters. The van der Waals surface area contributed by atoms with Crippen LogP contribution in [-0.4, -0.2) is 37.2 Å². The van der Waals surface area contributed by atoms with E-state index in [1.165, 1.54) is 231 Å². The van der Waals surface area contributed by atoms with Crippen molar-refractivity contribution in [3.63, 3.8) is 0 Å². The summed E-state index contributed by atoms with van der Waals surface area (Å²) in [5, 5.41) is 0. The number of carbonyl (C=O) groups is 3. The number of carbonyl (C=O) groups excluding carboxylic acids is 3. The van der Waals surface area contributed by atoms with Crippen LogP contribution in [0.2, 0.25) is 0 Å². The van der Waals surface area contributed by atoms with Gasteiger partial charge in [-0.3, -0.25) is 14.4 Å². The van der Waals surface area contributed by atoms with Crippen molar-refractivity contribution in [3.8, 4) is 0 Å². The van der Waals surface area contributed by atoms with Crippen LogP contribution < -0.4 is 0 Å². The molecular weight excluding hydrogens is 877 g/mol. The summed E-state index contributed by atoms with van der Waals surface area (Å²) in [6.07, 6.45) is 73.5. The van der Waals surface area contributed by atoms with Gasteiger partial charge in [-0.25, -0.2) is 0 Å². The lowest BCUT2D eigenvalue weighted by atomic mass is 10.0. The Balaban J connectivity index is 3.93. The van der Waals surface area contributed by atoms with E-state index in [0.29, 0.717) is 19.3 Å². The largest absolute Gasteiger partial charge is 0.462 e. The van der Waals surface area contributed by atoms with Gasteiger partial charge in [-0.05, 0) is 77.0 Å². The Morgan fingerprint density at radius 1 is 0.282 bits per heavy atom. The number of ether oxygens (including phenoxy) is 3. The number of esters is 3. The molecule has 0 saturated heterocycles. The van der Waals surface area contributed by atoms with E-state index in [9.17, 15) is 14.4 Å². The van der Waals surface area contributed by atoms with Crippen molar-refractivity contribution in [3.05, 3.63) is 36.5 Å². The second-order valence-corrected chi connectivity index (χ2v) is 21.3. The molecule has 0 rings (SSSR count). The Labute approximate surface area is 442 Å². The van der Waals surface area contributed by atoms with Crippen LogP contribution in [0.4, 0.5) is 0 Å². The fourth-order valence-corrected chi connectivity index (χ4v) is 9.35. The first-order valence-electron chi connectivity index (χ1n) is 31.5. The number of allylic oxidation sites excluding steroid dienone is 6. The highest BCUT2D eigenvalue weighted by Gasteiger charge is 2.19. The maximum Gasteiger partial charge on any atom is 0.306 e. The highest BCUT2D eigenvalue weighted by molar-refractivity contribution is 5.71. The van der Waals surface area contributed by atoms with Gasteiger partial charge in [0.15, 0.2) is 6.10 Å². The van der Waals surface area contributed by atoms with Crippen LogP contribution in [0.5, 0.6) is 0 Å². The SMILES string of the molecule is CCCCCCC/C=C\C/C=C\CCCCCCCCCCCCCCCCCCCCCC(=O)OCC(COC(=O)CCCCCCC)OC(=O)CCCCCCCCC/C=C\CCCCCCCC. The highest BCUT2D eigenvalue weighted by atomic mass is 16.6. The van der Waals surface area contributed by atoms with E-state index in [2.05, 4.69) is 57.2 Å². The molecule has 0 aromatic heterocycles. The first-order valence-corrected chi connectivity index (χ1v) is 31.5. The van der Waals surface area contributed by atoms with Gasteiger partial charge < -0.3 is 14.2 Å². The summed E-state index contributed by atoms with van der Waals surface area (Å²) >= 11 is 0. The molecule has 0 spiro atoms. The van der Waals surface area contributed by atoms with Gasteiger partial charge in [0.1, 0.15) is 13.2 Å². The van der Waals surface area contributed by atoms with Gasteiger partial charge in [0.05, 0.1) is 0 Å². The molecule has 0 aromatic carbocycles. The van der Waals surface area contributed by atoms with E-state index in [-0.39, 0.29) is 31.1 Å². The van der Waals surface area contributed by atoms with E-state index >= 15 is 0 Å². The molecule has 1 unspecified atom stereocenters. The van der Waals surface area contributed by atoms with Gasteiger partial charge in [0.2, 0.25) is 0 Å². The smallest absolute Gasteiger partial charge is 0.306 e. The molecule has 0 saturated carbocycles. The summed E-state index contributed by atoms with van der Waals surface area (Å²) in [6, 6.07) is 0. The normalized spacial score (nSPS) is 12.2. The van der Waals surface area contributed by atoms with E-state index in [1.54, 1.807) is 0 Å². The van der Waals surface area contributed by atoms with Crippen LogP contribution in [0.25, 0.3) is 0 Å². The van der Waals surface area contributed by atoms with Crippen LogP contribution in [0.15, 0.2) is 36.5 Å². The average molecular weight is 998 g/mol. The fraction of sp³-hybridized carbons (Fsp3) is 0.862. The molecule has 0 amide bonds. The molecule has 0 aromatic rings. The van der Waals surface area contributed by atoms with Gasteiger partial charge in [-0.2, -0.15) is 0 Å². The first kappa shape index (κ1) is 68.6. The standard InChI is InChI=1S/C65H120O6/c1-4-7-10-13-15-17-19-21-23-25-26-27-28-29-30-31-32-33-34-35-36-37-38-40-41-43-45-47-49-52-55-58-64(67)70-61-62(60-69-63(66)57-54-51-12-9-6-3)71-65(68)59-56-53-50-48-46-44-42-39-24-22-20-18-16-14-11-8-5-2/h19,21-22,24-26,62H,4-18,20,23,27-61H2,1-3H3/b21-19-,24-22-,26-25-. The second-order valence-electron chi connectivity index (χ2n) is 21.3. The van der Waals surface area contributed by atoms with Crippen molar-refractivity contribution >= 4 is 17.9 Å². The van der Waals surface area contributed by atoms with E-state index in [0.717, 1.165) is 70.6 Å². The molecular formula is C65H120O6. The molecule has 0 radical (unpaired) electrons. The quantitative estimate of drug-likeness (QED) is 0.0261. The van der Waals surface area contributed by atoms with Crippen molar-refractivity contribution in [1.29, 1.82) is 0 Å². The predicted molar refractivity (Wildman–Crippen MR) is 307 cm³/mol. The lowest BCUT2D eigenvalue weighted by Crippen LogP contribution is -2.30. The van der Waals surface area contributed by atoms with Crippen LogP contribution in [0, 0.1) is 0 Å². The minimum absolute atomic E-state index is 0.0700. The molecule has 6 heteroatoms. The summed E-state index contributed by atoms with van der Waals surface area (Å²) in [4.78, 5) is 37.8. The zero-order chi connectivity index (χ0) is 51.4. The summed E-state index contributed by atoms with van der Waals surface area (Å²) in [6.45, 7) is 6.58. The Kier molecular flexibility index (Phi) is 58.2. The number of hydrogen-bond acceptors (Lipinski definition) is 6. The van der Waals surface area contributed by atoms with Crippen molar-refractivity contribution < 1.29 is 28.6 Å². The maximum atomic E-state index is 12.8. The summed E-state index contributed by atoms with van der Waals surface area (Å²) in [7, 11) is 0. The highest BCUT2D eigenvalue weighted by Crippen LogP contribution is 2.17. The van der Waals surface area contributed by atoms with Crippen LogP contribution in [0.1, 0.15) is 342 Å². The minimum Gasteiger partial charge on any atom is -0.462 e. The Bertz CT molecular complexity index is 1190. The van der Waals surface area contributed by atoms with Crippen LogP contribution >= 0.6 is 0 Å². The van der Waals surface area contributed by atoms with Gasteiger partial charge in [0, 0.05) is 19.3 Å². The molecule has 0 bridgehead atoms. The van der Waals surface area contributed by atoms with Gasteiger partial charge in [-0.15, -0.1) is 0 Å². The fourth-order valence-electron chi connectivity index (χ4n) is 9.35. The summed E-state index contributed by atoms with van der Waals surface area (Å²) < 4.78 is 16.8. The van der Waals surface area contributed by atoms with Crippen molar-refractivity contribution in [2.45, 2.75) is 348 Å². The van der Waals surface area contributed by atoms with Crippen LogP contribution in [-0.2, 0) is 28.6 Å². The Morgan fingerprint density at radius 2 is 0.507 bits per heavy atom. The molecule has 0 aliphatic heterocycles. The van der Waals surface area contributed by atoms with Crippen molar-refractivity contribution in [2.75, 3.05) is 13.2 Å². The number of hydrogen-bond donors (Lipinski definition) is 0. The zero-order valence-corrected chi connectivity index (χ0v) is 47.8. The molecule has 6 nitrogen and oxygen atoms in total. The topological polar surface area (TPSA) is 78.9 Å². The maximum absolute atomic E-state index is 12.8. The molecule has 416 valence electrons. The molecule has 0 heterocycles. The monoisotopic (exact) mass is 997 g/mol. The van der Waals surface area contributed by atoms with Crippen molar-refractivity contribution in [1.82, 2.24) is 0 Å². The van der Waals surface area contributed by atoms with Crippen LogP contribution in [0.3, 0.4) is 0 Å². The molecule has 0 fully saturated rings. The van der Waals surface area contributed by atoms with E-state index in [4.69, 9.17) is 14.2 Å². The third kappa shape index (κ3) is 58.4. The van der Waals surface area contributed by atoms with Crippen molar-refractivity contribution in [2.24, 2.45) is 0 Å². The lowest BCUT2D eigenvalue weighted by molar-refractivity contribution is -0.167. The van der Waals surface area contributed by atoms with E-state index in [1.807, 2.05) is 0 Å². The third-order valence-corrected chi connectivity index (χ3v) is 14.1. The first-order chi connectivity index (χ1) is 35.0. The average Bonchev–Trinajstić information content (AvgIpc) is 3.37. The number of rotatable bonds is 58. The summed E-state index contributed by atoms with van der Waals surface area (Å²) in [5.41, 5.74) is 0. The number of unbranched alkanes of at least 4 members (excludes halogenated alkanes) is 41. The molecule has 0 aliphatic rings. The zero-order valence-electron chi connectivity index (χ0n) is 47.8.